The van der Waals surface area contributed by atoms with E-state index in [0.29, 0.717) is 24.2 Å². The van der Waals surface area contributed by atoms with Crippen LogP contribution in [0.15, 0.2) is 22.6 Å². The van der Waals surface area contributed by atoms with Gasteiger partial charge in [-0.1, -0.05) is 6.07 Å². The Bertz CT molecular complexity index is 857. The molecule has 1 amide bonds. The predicted molar refractivity (Wildman–Crippen MR) is 87.0 cm³/mol. The Kier molecular flexibility index (Phi) is 4.46. The van der Waals surface area contributed by atoms with E-state index in [1.54, 1.807) is 18.2 Å². The van der Waals surface area contributed by atoms with Crippen LogP contribution in [-0.4, -0.2) is 38.2 Å². The van der Waals surface area contributed by atoms with Crippen LogP contribution in [-0.2, 0) is 14.9 Å². The fraction of sp³-hybridized carbons (Fsp3) is 0.467. The maximum Gasteiger partial charge on any atom is 0.410 e. The quantitative estimate of drug-likeness (QED) is 0.744. The molecule has 24 heavy (non-hydrogen) atoms. The monoisotopic (exact) mass is 353 g/mol. The molecule has 3 rings (SSSR count). The van der Waals surface area contributed by atoms with Crippen LogP contribution >= 0.6 is 0 Å². The second-order valence-electron chi connectivity index (χ2n) is 5.96. The summed E-state index contributed by atoms with van der Waals surface area (Å²) in [6.45, 7) is 4.62. The van der Waals surface area contributed by atoms with Crippen molar-refractivity contribution < 1.29 is 21.8 Å². The summed E-state index contributed by atoms with van der Waals surface area (Å²) in [5, 5.41) is 5.78. The molecular weight excluding hydrogens is 334 g/mol. The second kappa shape index (κ2) is 6.40. The molecule has 1 aromatic carbocycles. The molecule has 1 aliphatic heterocycles. The summed E-state index contributed by atoms with van der Waals surface area (Å²) >= 11 is 0. The number of rotatable bonds is 6. The number of carbonyl (C=O) groups excluding carboxylic acids is 1. The molecule has 0 spiro atoms. The van der Waals surface area contributed by atoms with Gasteiger partial charge in [0.1, 0.15) is 5.52 Å². The summed E-state index contributed by atoms with van der Waals surface area (Å²) < 4.78 is 34.3. The van der Waals surface area contributed by atoms with Gasteiger partial charge in [-0.2, -0.15) is 13.4 Å². The first-order valence-corrected chi connectivity index (χ1v) is 9.20. The van der Waals surface area contributed by atoms with Crippen molar-refractivity contribution in [2.45, 2.75) is 19.9 Å². The highest BCUT2D eigenvalue weighted by Crippen LogP contribution is 2.25. The van der Waals surface area contributed by atoms with Crippen LogP contribution in [0.2, 0.25) is 0 Å². The lowest BCUT2D eigenvalue weighted by Crippen LogP contribution is -2.46. The fourth-order valence-corrected chi connectivity index (χ4v) is 3.68. The van der Waals surface area contributed by atoms with Crippen LogP contribution < -0.4 is 14.8 Å². The lowest BCUT2D eigenvalue weighted by atomic mass is 10.1. The third kappa shape index (κ3) is 3.85. The van der Waals surface area contributed by atoms with E-state index in [-0.39, 0.29) is 29.7 Å². The van der Waals surface area contributed by atoms with Crippen molar-refractivity contribution in [3.05, 3.63) is 23.8 Å². The number of nitrogens with zero attached hydrogens (tertiary/aromatic N) is 1. The van der Waals surface area contributed by atoms with Gasteiger partial charge < -0.3 is 19.2 Å². The van der Waals surface area contributed by atoms with Crippen LogP contribution in [0.3, 0.4) is 0 Å². The number of fused-ring (bicyclic) bond motifs is 1. The number of hydrogen-bond acceptors (Lipinski definition) is 7. The number of carbonyl (C=O) groups is 1. The normalized spacial score (nSPS) is 16.6. The van der Waals surface area contributed by atoms with Crippen LogP contribution in [0.5, 0.6) is 6.08 Å². The molecule has 1 unspecified atom stereocenters. The van der Waals surface area contributed by atoms with Gasteiger partial charge in [-0.05, 0) is 24.6 Å². The van der Waals surface area contributed by atoms with E-state index in [0.717, 1.165) is 5.56 Å². The van der Waals surface area contributed by atoms with Gasteiger partial charge in [-0.15, -0.1) is 0 Å². The molecule has 1 saturated heterocycles. The fourth-order valence-electron chi connectivity index (χ4n) is 2.51. The molecule has 1 fully saturated rings. The molecule has 130 valence electrons. The van der Waals surface area contributed by atoms with Crippen LogP contribution in [0, 0.1) is 5.92 Å². The number of nitrogens with one attached hydrogen (secondary N) is 2. The first-order valence-electron chi connectivity index (χ1n) is 7.63. The van der Waals surface area contributed by atoms with Crippen molar-refractivity contribution in [1.29, 1.82) is 0 Å². The average molecular weight is 353 g/mol. The summed E-state index contributed by atoms with van der Waals surface area (Å²) in [4.78, 5) is 15.2. The molecule has 0 aliphatic carbocycles. The number of oxazole rings is 1. The van der Waals surface area contributed by atoms with Gasteiger partial charge in [0.05, 0.1) is 11.8 Å². The lowest BCUT2D eigenvalue weighted by molar-refractivity contribution is -0.119. The van der Waals surface area contributed by atoms with E-state index < -0.39 is 10.1 Å². The molecule has 1 aromatic heterocycles. The summed E-state index contributed by atoms with van der Waals surface area (Å²) in [5.74, 6) is -0.144. The molecule has 2 N–H and O–H groups in total. The molecule has 2 aromatic rings. The van der Waals surface area contributed by atoms with Gasteiger partial charge >= 0.3 is 16.2 Å². The molecule has 0 saturated carbocycles. The minimum atomic E-state index is -3.74. The molecule has 8 nitrogen and oxygen atoms in total. The minimum absolute atomic E-state index is 0.0597. The van der Waals surface area contributed by atoms with Crippen LogP contribution in [0.1, 0.15) is 25.5 Å². The summed E-state index contributed by atoms with van der Waals surface area (Å²) in [7, 11) is -3.74. The summed E-state index contributed by atoms with van der Waals surface area (Å²) in [5.41, 5.74) is 1.72. The highest BCUT2D eigenvalue weighted by Gasteiger charge is 2.27. The SMILES string of the molecule is CC(=O)NC(C)c1ccc2nc(OS(=O)(=O)CC3CNC3)oc2c1. The second-order valence-corrected chi connectivity index (χ2v) is 7.58. The van der Waals surface area contributed by atoms with Gasteiger partial charge in [-0.3, -0.25) is 4.79 Å². The van der Waals surface area contributed by atoms with Crippen molar-refractivity contribution in [2.75, 3.05) is 18.8 Å². The first kappa shape index (κ1) is 16.7. The van der Waals surface area contributed by atoms with Crippen LogP contribution in [0.25, 0.3) is 11.1 Å². The van der Waals surface area contributed by atoms with E-state index in [9.17, 15) is 13.2 Å². The molecule has 2 heterocycles. The largest absolute Gasteiger partial charge is 0.410 e. The highest BCUT2D eigenvalue weighted by molar-refractivity contribution is 7.87. The van der Waals surface area contributed by atoms with E-state index in [1.807, 2.05) is 6.92 Å². The van der Waals surface area contributed by atoms with E-state index in [1.165, 1.54) is 6.92 Å². The molecule has 0 radical (unpaired) electrons. The van der Waals surface area contributed by atoms with Crippen molar-refractivity contribution in [1.82, 2.24) is 15.6 Å². The molecule has 0 bridgehead atoms. The van der Waals surface area contributed by atoms with Gasteiger partial charge in [-0.25, -0.2) is 0 Å². The maximum atomic E-state index is 12.0. The maximum absolute atomic E-state index is 12.0. The Morgan fingerprint density at radius 1 is 1.50 bits per heavy atom. The first-order chi connectivity index (χ1) is 11.3. The lowest BCUT2D eigenvalue weighted by Gasteiger charge is -2.25. The predicted octanol–water partition coefficient (Wildman–Crippen LogP) is 0.953. The molecule has 1 aliphatic rings. The summed E-state index contributed by atoms with van der Waals surface area (Å²) in [6.07, 6.45) is -0.290. The topological polar surface area (TPSA) is 111 Å². The molecule has 1 atom stereocenters. The third-order valence-electron chi connectivity index (χ3n) is 3.82. The Morgan fingerprint density at radius 2 is 2.25 bits per heavy atom. The minimum Gasteiger partial charge on any atom is -0.408 e. The smallest absolute Gasteiger partial charge is 0.408 e. The summed E-state index contributed by atoms with van der Waals surface area (Å²) in [6, 6.07) is 5.00. The van der Waals surface area contributed by atoms with Crippen molar-refractivity contribution >= 4 is 27.1 Å². The van der Waals surface area contributed by atoms with Gasteiger partial charge in [0.25, 0.3) is 0 Å². The Morgan fingerprint density at radius 3 is 2.88 bits per heavy atom. The number of hydrogen-bond donors (Lipinski definition) is 2. The molecular formula is C15H19N3O5S. The standard InChI is InChI=1S/C15H19N3O5S/c1-9(17-10(2)19)12-3-4-13-14(5-12)22-15(18-13)23-24(20,21)8-11-6-16-7-11/h3-5,9,11,16H,6-8H2,1-2H3,(H,17,19). The zero-order chi connectivity index (χ0) is 17.3. The Hall–Kier alpha value is -2.13. The van der Waals surface area contributed by atoms with Crippen LogP contribution in [0.4, 0.5) is 0 Å². The average Bonchev–Trinajstić information content (AvgIpc) is 2.82. The van der Waals surface area contributed by atoms with Crippen molar-refractivity contribution in [3.63, 3.8) is 0 Å². The third-order valence-corrected chi connectivity index (χ3v) is 5.09. The molecule has 9 heteroatoms. The Balaban J connectivity index is 1.77. The number of benzene rings is 1. The highest BCUT2D eigenvalue weighted by atomic mass is 32.2. The number of aromatic nitrogens is 1. The van der Waals surface area contributed by atoms with Crippen molar-refractivity contribution in [2.24, 2.45) is 5.92 Å². The zero-order valence-corrected chi connectivity index (χ0v) is 14.2. The Labute approximate surface area is 139 Å². The van der Waals surface area contributed by atoms with Gasteiger partial charge in [0, 0.05) is 25.9 Å². The van der Waals surface area contributed by atoms with Gasteiger partial charge in [0.15, 0.2) is 5.58 Å². The zero-order valence-electron chi connectivity index (χ0n) is 13.4. The number of amides is 1. The van der Waals surface area contributed by atoms with E-state index in [2.05, 4.69) is 15.6 Å². The van der Waals surface area contributed by atoms with Gasteiger partial charge in [0.2, 0.25) is 5.91 Å². The van der Waals surface area contributed by atoms with E-state index >= 15 is 0 Å². The van der Waals surface area contributed by atoms with Crippen molar-refractivity contribution in [3.8, 4) is 6.08 Å². The van der Waals surface area contributed by atoms with E-state index in [4.69, 9.17) is 8.60 Å².